The van der Waals surface area contributed by atoms with Gasteiger partial charge in [-0.15, -0.1) is 10.2 Å². The summed E-state index contributed by atoms with van der Waals surface area (Å²) in [6, 6.07) is 18.5. The van der Waals surface area contributed by atoms with Gasteiger partial charge in [0.25, 0.3) is 11.8 Å². The van der Waals surface area contributed by atoms with Gasteiger partial charge in [0, 0.05) is 23.2 Å². The molecule has 0 spiro atoms. The van der Waals surface area contributed by atoms with Gasteiger partial charge in [0.2, 0.25) is 17.6 Å². The summed E-state index contributed by atoms with van der Waals surface area (Å²) >= 11 is 6.29. The van der Waals surface area contributed by atoms with E-state index in [1.165, 1.54) is 6.20 Å². The fourth-order valence-electron chi connectivity index (χ4n) is 4.37. The van der Waals surface area contributed by atoms with Gasteiger partial charge in [-0.05, 0) is 42.5 Å². The summed E-state index contributed by atoms with van der Waals surface area (Å²) in [7, 11) is 0. The van der Waals surface area contributed by atoms with Crippen molar-refractivity contribution in [1.29, 1.82) is 0 Å². The molecule has 0 unspecified atom stereocenters. The van der Waals surface area contributed by atoms with Crippen LogP contribution in [0.15, 0.2) is 77.3 Å². The number of aryl methyl sites for hydroxylation is 1. The molecule has 0 radical (unpaired) electrons. The predicted molar refractivity (Wildman–Crippen MR) is 156 cm³/mol. The van der Waals surface area contributed by atoms with Crippen LogP contribution < -0.4 is 10.6 Å². The molecule has 0 bridgehead atoms. The lowest BCUT2D eigenvalue weighted by molar-refractivity contribution is -0.123. The maximum absolute atomic E-state index is 13.5. The van der Waals surface area contributed by atoms with Gasteiger partial charge in [-0.25, -0.2) is 0 Å². The molecule has 3 atom stereocenters. The van der Waals surface area contributed by atoms with Crippen LogP contribution in [0, 0.1) is 0 Å². The Morgan fingerprint density at radius 2 is 1.63 bits per heavy atom. The number of carbonyl (C=O) groups is 3. The highest BCUT2D eigenvalue weighted by Crippen LogP contribution is 2.26. The molecule has 9 nitrogen and oxygen atoms in total. The van der Waals surface area contributed by atoms with E-state index in [9.17, 15) is 14.4 Å². The highest BCUT2D eigenvalue weighted by Gasteiger charge is 2.30. The number of Topliss-reactive ketones (excluding diaryl/α,β-unsaturated/α-hetero) is 1. The normalized spacial score (nSPS) is 13.2. The molecule has 2 amide bonds. The first kappa shape index (κ1) is 29.6. The van der Waals surface area contributed by atoms with Crippen molar-refractivity contribution in [3.8, 4) is 11.3 Å². The highest BCUT2D eigenvalue weighted by atomic mass is 35.5. The number of hydrogen-bond acceptors (Lipinski definition) is 7. The van der Waals surface area contributed by atoms with E-state index in [4.69, 9.17) is 16.0 Å². The Labute approximate surface area is 243 Å². The quantitative estimate of drug-likeness (QED) is 0.217. The first-order valence-corrected chi connectivity index (χ1v) is 13.9. The van der Waals surface area contributed by atoms with E-state index in [1.807, 2.05) is 62.4 Å². The van der Waals surface area contributed by atoms with Crippen LogP contribution in [0.1, 0.15) is 72.0 Å². The van der Waals surface area contributed by atoms with E-state index < -0.39 is 29.7 Å². The Hall–Kier alpha value is -4.37. The Morgan fingerprint density at radius 3 is 2.27 bits per heavy atom. The first-order valence-electron chi connectivity index (χ1n) is 13.5. The molecule has 10 heteroatoms. The number of aromatic nitrogens is 3. The van der Waals surface area contributed by atoms with E-state index in [-0.39, 0.29) is 17.4 Å². The molecule has 2 aromatic carbocycles. The molecule has 2 N–H and O–H groups in total. The minimum Gasteiger partial charge on any atom is -0.418 e. The van der Waals surface area contributed by atoms with Gasteiger partial charge in [-0.3, -0.25) is 19.4 Å². The largest absolute Gasteiger partial charge is 0.418 e. The van der Waals surface area contributed by atoms with E-state index in [0.29, 0.717) is 35.9 Å². The maximum Gasteiger partial charge on any atom is 0.286 e. The summed E-state index contributed by atoms with van der Waals surface area (Å²) in [6.45, 7) is 5.59. The molecule has 4 rings (SSSR count). The highest BCUT2D eigenvalue weighted by molar-refractivity contribution is 6.33. The van der Waals surface area contributed by atoms with Crippen LogP contribution in [0.2, 0.25) is 5.02 Å². The lowest BCUT2D eigenvalue weighted by Gasteiger charge is -2.24. The van der Waals surface area contributed by atoms with Crippen molar-refractivity contribution in [2.24, 2.45) is 0 Å². The second-order valence-corrected chi connectivity index (χ2v) is 10.1. The van der Waals surface area contributed by atoms with Crippen LogP contribution in [0.25, 0.3) is 11.3 Å². The van der Waals surface area contributed by atoms with E-state index in [1.54, 1.807) is 25.1 Å². The lowest BCUT2D eigenvalue weighted by atomic mass is 9.93. The van der Waals surface area contributed by atoms with Crippen molar-refractivity contribution in [1.82, 2.24) is 25.8 Å². The van der Waals surface area contributed by atoms with Crippen molar-refractivity contribution in [3.63, 3.8) is 0 Å². The number of amides is 2. The van der Waals surface area contributed by atoms with Crippen LogP contribution in [0.5, 0.6) is 0 Å². The summed E-state index contributed by atoms with van der Waals surface area (Å²) in [4.78, 5) is 44.2. The molecule has 41 heavy (non-hydrogen) atoms. The number of nitrogens with zero attached hydrogens (tertiary/aromatic N) is 3. The van der Waals surface area contributed by atoms with Crippen LogP contribution in [0.3, 0.4) is 0 Å². The van der Waals surface area contributed by atoms with Crippen molar-refractivity contribution < 1.29 is 18.8 Å². The van der Waals surface area contributed by atoms with Crippen LogP contribution >= 0.6 is 11.6 Å². The molecule has 0 aliphatic carbocycles. The molecule has 2 aromatic heterocycles. The number of hydrogen-bond donors (Lipinski definition) is 2. The fraction of sp³-hybridized carbons (Fsp3) is 0.290. The van der Waals surface area contributed by atoms with Gasteiger partial charge < -0.3 is 15.1 Å². The molecule has 0 fully saturated rings. The Balaban J connectivity index is 1.52. The zero-order chi connectivity index (χ0) is 29.4. The Morgan fingerprint density at radius 1 is 0.902 bits per heavy atom. The summed E-state index contributed by atoms with van der Waals surface area (Å²) in [5.41, 5.74) is 2.67. The second-order valence-electron chi connectivity index (χ2n) is 9.67. The first-order chi connectivity index (χ1) is 19.8. The zero-order valence-electron chi connectivity index (χ0n) is 23.1. The van der Waals surface area contributed by atoms with E-state index in [2.05, 4.69) is 25.8 Å². The molecule has 4 aromatic rings. The number of benzene rings is 2. The number of rotatable bonds is 12. The van der Waals surface area contributed by atoms with Crippen LogP contribution in [-0.2, 0) is 11.2 Å². The second kappa shape index (κ2) is 13.8. The predicted octanol–water partition coefficient (Wildman–Crippen LogP) is 5.42. The van der Waals surface area contributed by atoms with Gasteiger partial charge in [0.1, 0.15) is 6.04 Å². The van der Waals surface area contributed by atoms with Crippen LogP contribution in [0.4, 0.5) is 0 Å². The van der Waals surface area contributed by atoms with Crippen molar-refractivity contribution in [2.75, 3.05) is 0 Å². The number of nitrogens with one attached hydrogen (secondary N) is 2. The summed E-state index contributed by atoms with van der Waals surface area (Å²) < 4.78 is 5.41. The summed E-state index contributed by atoms with van der Waals surface area (Å²) in [5.74, 6) is -1.31. The molecular weight excluding hydrogens is 542 g/mol. The van der Waals surface area contributed by atoms with Gasteiger partial charge in [-0.2, -0.15) is 0 Å². The monoisotopic (exact) mass is 573 g/mol. The lowest BCUT2D eigenvalue weighted by Crippen LogP contribution is -2.52. The minimum atomic E-state index is -0.934. The number of pyridine rings is 1. The third-order valence-corrected chi connectivity index (χ3v) is 7.11. The van der Waals surface area contributed by atoms with E-state index >= 15 is 0 Å². The van der Waals surface area contributed by atoms with Gasteiger partial charge in [0.05, 0.1) is 17.3 Å². The minimum absolute atomic E-state index is 0.0631. The molecule has 0 saturated carbocycles. The van der Waals surface area contributed by atoms with Gasteiger partial charge in [-0.1, -0.05) is 80.9 Å². The third kappa shape index (κ3) is 7.43. The Bertz CT molecular complexity index is 1490. The smallest absolute Gasteiger partial charge is 0.286 e. The molecule has 0 saturated heterocycles. The summed E-state index contributed by atoms with van der Waals surface area (Å²) in [5, 5.41) is 13.8. The maximum atomic E-state index is 13.5. The standard InChI is InChI=1S/C31H32ClN5O4/c1-4-24(28(38)31-37-36-27(5-2)41-31)34-30(40)26(17-19(3)20-11-7-6-8-12-20)35-29(39)21-15-16-25(33-18-21)22-13-9-10-14-23(22)32/h6-16,18-19,24,26H,4-5,17H2,1-3H3,(H,34,40)(H,35,39)/t19-,24-,26-/m0/s1. The van der Waals surface area contributed by atoms with Gasteiger partial charge in [0.15, 0.2) is 0 Å². The number of halogens is 1. The van der Waals surface area contributed by atoms with Gasteiger partial charge >= 0.3 is 0 Å². The molecular formula is C31H32ClN5O4. The Kier molecular flexibility index (Phi) is 9.97. The molecule has 0 aliphatic heterocycles. The fourth-order valence-corrected chi connectivity index (χ4v) is 4.60. The summed E-state index contributed by atoms with van der Waals surface area (Å²) in [6.07, 6.45) is 2.54. The molecule has 2 heterocycles. The topological polar surface area (TPSA) is 127 Å². The average molecular weight is 574 g/mol. The van der Waals surface area contributed by atoms with Crippen LogP contribution in [-0.4, -0.2) is 44.9 Å². The van der Waals surface area contributed by atoms with Crippen molar-refractivity contribution in [2.45, 2.75) is 58.0 Å². The number of ketones is 1. The van der Waals surface area contributed by atoms with Crippen molar-refractivity contribution in [3.05, 3.63) is 101 Å². The number of carbonyl (C=O) groups excluding carboxylic acids is 3. The molecule has 0 aliphatic rings. The molecule has 212 valence electrons. The third-order valence-electron chi connectivity index (χ3n) is 6.78. The van der Waals surface area contributed by atoms with Crippen molar-refractivity contribution >= 4 is 29.2 Å². The SMILES string of the molecule is CCc1nnc(C(=O)[C@H](CC)NC(=O)[C@H](C[C@H](C)c2ccccc2)NC(=O)c2ccc(-c3ccccc3Cl)nc2)o1. The average Bonchev–Trinajstić information content (AvgIpc) is 3.49. The zero-order valence-corrected chi connectivity index (χ0v) is 23.9. The van der Waals surface area contributed by atoms with E-state index in [0.717, 1.165) is 11.1 Å².